The molecule has 1 rings (SSSR count). The van der Waals surface area contributed by atoms with Crippen LogP contribution < -0.4 is 5.32 Å². The smallest absolute Gasteiger partial charge is 0.123 e. The summed E-state index contributed by atoms with van der Waals surface area (Å²) >= 11 is 1.79. The van der Waals surface area contributed by atoms with Crippen molar-refractivity contribution >= 4 is 11.8 Å². The molecular formula is C14H22FNS. The number of rotatable bonds is 7. The van der Waals surface area contributed by atoms with Crippen LogP contribution in [0.5, 0.6) is 0 Å². The maximum atomic E-state index is 12.8. The highest BCUT2D eigenvalue weighted by atomic mass is 32.2. The zero-order chi connectivity index (χ0) is 12.7. The maximum absolute atomic E-state index is 12.8. The van der Waals surface area contributed by atoms with Gasteiger partial charge in [0.15, 0.2) is 0 Å². The Hall–Kier alpha value is -0.540. The van der Waals surface area contributed by atoms with Gasteiger partial charge in [0, 0.05) is 16.7 Å². The summed E-state index contributed by atoms with van der Waals surface area (Å²) in [7, 11) is 0. The summed E-state index contributed by atoms with van der Waals surface area (Å²) in [5.74, 6) is 1.48. The third-order valence-corrected chi connectivity index (χ3v) is 3.84. The molecule has 17 heavy (non-hydrogen) atoms. The Morgan fingerprint density at radius 2 is 1.88 bits per heavy atom. The lowest BCUT2D eigenvalue weighted by Crippen LogP contribution is -2.36. The fraction of sp³-hybridized carbons (Fsp3) is 0.571. The predicted octanol–water partition coefficient (Wildman–Crippen LogP) is 3.94. The van der Waals surface area contributed by atoms with Gasteiger partial charge in [0.25, 0.3) is 0 Å². The molecule has 1 aromatic carbocycles. The first-order chi connectivity index (χ1) is 8.13. The van der Waals surface area contributed by atoms with Crippen molar-refractivity contribution in [3.8, 4) is 0 Å². The summed E-state index contributed by atoms with van der Waals surface area (Å²) in [6.45, 7) is 7.71. The molecule has 0 aliphatic rings. The maximum Gasteiger partial charge on any atom is 0.123 e. The van der Waals surface area contributed by atoms with Crippen molar-refractivity contribution in [3.05, 3.63) is 30.1 Å². The summed E-state index contributed by atoms with van der Waals surface area (Å²) in [6, 6.07) is 7.25. The molecule has 0 spiro atoms. The lowest BCUT2D eigenvalue weighted by molar-refractivity contribution is 0.434. The van der Waals surface area contributed by atoms with Crippen molar-refractivity contribution < 1.29 is 4.39 Å². The monoisotopic (exact) mass is 255 g/mol. The van der Waals surface area contributed by atoms with Crippen LogP contribution in [0.3, 0.4) is 0 Å². The second-order valence-corrected chi connectivity index (χ2v) is 5.66. The lowest BCUT2D eigenvalue weighted by Gasteiger charge is -2.21. The van der Waals surface area contributed by atoms with Crippen molar-refractivity contribution in [1.29, 1.82) is 0 Å². The highest BCUT2D eigenvalue weighted by Gasteiger charge is 2.12. The highest BCUT2D eigenvalue weighted by molar-refractivity contribution is 7.99. The number of hydrogen-bond donors (Lipinski definition) is 1. The number of thioether (sulfide) groups is 1. The van der Waals surface area contributed by atoms with E-state index in [1.54, 1.807) is 11.8 Å². The molecule has 0 bridgehead atoms. The van der Waals surface area contributed by atoms with Crippen molar-refractivity contribution in [2.24, 2.45) is 5.92 Å². The average Bonchev–Trinajstić information content (AvgIpc) is 2.31. The molecule has 0 saturated heterocycles. The largest absolute Gasteiger partial charge is 0.313 e. The Labute approximate surface area is 108 Å². The third-order valence-electron chi connectivity index (χ3n) is 2.70. The number of benzene rings is 1. The molecule has 1 aromatic rings. The van der Waals surface area contributed by atoms with E-state index in [1.807, 2.05) is 12.1 Å². The highest BCUT2D eigenvalue weighted by Crippen LogP contribution is 2.21. The molecule has 1 atom stereocenters. The van der Waals surface area contributed by atoms with E-state index in [0.29, 0.717) is 12.0 Å². The Kier molecular flexibility index (Phi) is 6.60. The van der Waals surface area contributed by atoms with E-state index in [0.717, 1.165) is 23.6 Å². The molecule has 0 aliphatic carbocycles. The topological polar surface area (TPSA) is 12.0 Å². The van der Waals surface area contributed by atoms with Crippen molar-refractivity contribution in [2.45, 2.75) is 38.1 Å². The van der Waals surface area contributed by atoms with E-state index in [4.69, 9.17) is 0 Å². The summed E-state index contributed by atoms with van der Waals surface area (Å²) in [5, 5.41) is 3.56. The molecule has 96 valence electrons. The van der Waals surface area contributed by atoms with Gasteiger partial charge in [-0.15, -0.1) is 11.8 Å². The third kappa shape index (κ3) is 5.55. The Morgan fingerprint density at radius 1 is 1.24 bits per heavy atom. The van der Waals surface area contributed by atoms with E-state index in [1.165, 1.54) is 12.1 Å². The summed E-state index contributed by atoms with van der Waals surface area (Å²) < 4.78 is 12.8. The van der Waals surface area contributed by atoms with Gasteiger partial charge in [0.05, 0.1) is 0 Å². The van der Waals surface area contributed by atoms with Crippen molar-refractivity contribution in [3.63, 3.8) is 0 Å². The molecule has 0 radical (unpaired) electrons. The van der Waals surface area contributed by atoms with E-state index in [9.17, 15) is 4.39 Å². The van der Waals surface area contributed by atoms with Gasteiger partial charge in [0.2, 0.25) is 0 Å². The standard InChI is InChI=1S/C14H22FNS/c1-4-9-16-14(11(2)3)10-17-13-7-5-12(15)6-8-13/h5-8,11,14,16H,4,9-10H2,1-3H3. The normalized spacial score (nSPS) is 13.0. The number of halogens is 1. The van der Waals surface area contributed by atoms with Gasteiger partial charge in [-0.25, -0.2) is 4.39 Å². The fourth-order valence-corrected chi connectivity index (χ4v) is 2.74. The summed E-state index contributed by atoms with van der Waals surface area (Å²) in [5.41, 5.74) is 0. The van der Waals surface area contributed by atoms with E-state index < -0.39 is 0 Å². The Bertz CT molecular complexity index is 311. The van der Waals surface area contributed by atoms with Crippen LogP contribution in [0.4, 0.5) is 4.39 Å². The first-order valence-corrected chi connectivity index (χ1v) is 7.23. The Morgan fingerprint density at radius 3 is 2.41 bits per heavy atom. The molecule has 0 aromatic heterocycles. The van der Waals surface area contributed by atoms with Crippen molar-refractivity contribution in [2.75, 3.05) is 12.3 Å². The van der Waals surface area contributed by atoms with Crippen LogP contribution in [0.25, 0.3) is 0 Å². The Balaban J connectivity index is 2.43. The molecule has 0 amide bonds. The van der Waals surface area contributed by atoms with Crippen LogP contribution in [-0.4, -0.2) is 18.3 Å². The van der Waals surface area contributed by atoms with Crippen LogP contribution in [0.15, 0.2) is 29.2 Å². The molecule has 0 fully saturated rings. The van der Waals surface area contributed by atoms with Gasteiger partial charge in [0.1, 0.15) is 5.82 Å². The number of hydrogen-bond acceptors (Lipinski definition) is 2. The zero-order valence-electron chi connectivity index (χ0n) is 10.9. The first kappa shape index (κ1) is 14.5. The number of nitrogens with one attached hydrogen (secondary N) is 1. The minimum atomic E-state index is -0.168. The van der Waals surface area contributed by atoms with Crippen molar-refractivity contribution in [1.82, 2.24) is 5.32 Å². The van der Waals surface area contributed by atoms with Gasteiger partial charge in [-0.1, -0.05) is 20.8 Å². The van der Waals surface area contributed by atoms with Crippen LogP contribution in [-0.2, 0) is 0 Å². The average molecular weight is 255 g/mol. The van der Waals surface area contributed by atoms with E-state index >= 15 is 0 Å². The van der Waals surface area contributed by atoms with E-state index in [-0.39, 0.29) is 5.82 Å². The molecular weight excluding hydrogens is 233 g/mol. The molecule has 0 aliphatic heterocycles. The van der Waals surface area contributed by atoms with Gasteiger partial charge in [-0.3, -0.25) is 0 Å². The zero-order valence-corrected chi connectivity index (χ0v) is 11.7. The molecule has 0 heterocycles. The van der Waals surface area contributed by atoms with Crippen LogP contribution in [0.1, 0.15) is 27.2 Å². The molecule has 1 N–H and O–H groups in total. The molecule has 0 saturated carbocycles. The molecule has 1 nitrogen and oxygen atoms in total. The summed E-state index contributed by atoms with van der Waals surface area (Å²) in [6.07, 6.45) is 1.16. The SMILES string of the molecule is CCCNC(CSc1ccc(F)cc1)C(C)C. The lowest BCUT2D eigenvalue weighted by atomic mass is 10.1. The van der Waals surface area contributed by atoms with Gasteiger partial charge in [-0.05, 0) is 43.1 Å². The van der Waals surface area contributed by atoms with Crippen LogP contribution in [0, 0.1) is 11.7 Å². The first-order valence-electron chi connectivity index (χ1n) is 6.25. The van der Waals surface area contributed by atoms with Crippen LogP contribution >= 0.6 is 11.8 Å². The fourth-order valence-electron chi connectivity index (χ4n) is 1.53. The van der Waals surface area contributed by atoms with Gasteiger partial charge < -0.3 is 5.32 Å². The minimum absolute atomic E-state index is 0.168. The second kappa shape index (κ2) is 7.72. The molecule has 1 unspecified atom stereocenters. The quantitative estimate of drug-likeness (QED) is 0.741. The van der Waals surface area contributed by atoms with E-state index in [2.05, 4.69) is 26.1 Å². The minimum Gasteiger partial charge on any atom is -0.313 e. The van der Waals surface area contributed by atoms with Gasteiger partial charge in [-0.2, -0.15) is 0 Å². The predicted molar refractivity (Wildman–Crippen MR) is 74.0 cm³/mol. The van der Waals surface area contributed by atoms with Gasteiger partial charge >= 0.3 is 0 Å². The van der Waals surface area contributed by atoms with Crippen LogP contribution in [0.2, 0.25) is 0 Å². The molecule has 3 heteroatoms. The second-order valence-electron chi connectivity index (χ2n) is 4.57. The summed E-state index contributed by atoms with van der Waals surface area (Å²) in [4.78, 5) is 1.13.